The predicted octanol–water partition coefficient (Wildman–Crippen LogP) is 2.32. The SMILES string of the molecule is Cc1ccc2nc(C[N+](=O)[O-])ccc2c1. The molecule has 0 atom stereocenters. The van der Waals surface area contributed by atoms with Crippen molar-refractivity contribution in [3.8, 4) is 0 Å². The van der Waals surface area contributed by atoms with Crippen LogP contribution >= 0.6 is 0 Å². The van der Waals surface area contributed by atoms with E-state index >= 15 is 0 Å². The maximum atomic E-state index is 10.3. The third-order valence-corrected chi connectivity index (χ3v) is 2.19. The summed E-state index contributed by atoms with van der Waals surface area (Å²) < 4.78 is 0. The Kier molecular flexibility index (Phi) is 2.33. The summed E-state index contributed by atoms with van der Waals surface area (Å²) in [6.07, 6.45) is 0. The molecule has 0 fully saturated rings. The molecule has 1 aromatic carbocycles. The lowest BCUT2D eigenvalue weighted by atomic mass is 10.1. The minimum absolute atomic E-state index is 0.218. The molecule has 0 N–H and O–H groups in total. The van der Waals surface area contributed by atoms with E-state index < -0.39 is 0 Å². The molecule has 4 nitrogen and oxygen atoms in total. The van der Waals surface area contributed by atoms with Gasteiger partial charge in [0.1, 0.15) is 5.69 Å². The van der Waals surface area contributed by atoms with Crippen molar-refractivity contribution >= 4 is 10.9 Å². The average Bonchev–Trinajstić information content (AvgIpc) is 2.17. The van der Waals surface area contributed by atoms with Crippen LogP contribution < -0.4 is 0 Å². The Morgan fingerprint density at radius 1 is 1.33 bits per heavy atom. The quantitative estimate of drug-likeness (QED) is 0.554. The maximum absolute atomic E-state index is 10.3. The Balaban J connectivity index is 2.47. The number of nitrogens with zero attached hydrogens (tertiary/aromatic N) is 2. The first-order chi connectivity index (χ1) is 7.15. The van der Waals surface area contributed by atoms with Crippen LogP contribution in [0.2, 0.25) is 0 Å². The second-order valence-corrected chi connectivity index (χ2v) is 3.49. The fourth-order valence-corrected chi connectivity index (χ4v) is 1.51. The summed E-state index contributed by atoms with van der Waals surface area (Å²) in [6, 6.07) is 9.41. The molecule has 0 aliphatic heterocycles. The Hall–Kier alpha value is -1.97. The van der Waals surface area contributed by atoms with Crippen molar-refractivity contribution in [1.82, 2.24) is 4.98 Å². The zero-order valence-corrected chi connectivity index (χ0v) is 8.30. The highest BCUT2D eigenvalue weighted by molar-refractivity contribution is 5.79. The number of aryl methyl sites for hydroxylation is 1. The molecule has 0 amide bonds. The van der Waals surface area contributed by atoms with Crippen molar-refractivity contribution in [3.05, 3.63) is 51.7 Å². The average molecular weight is 202 g/mol. The van der Waals surface area contributed by atoms with Crippen LogP contribution in [0.1, 0.15) is 11.3 Å². The molecule has 0 saturated heterocycles. The number of fused-ring (bicyclic) bond motifs is 1. The van der Waals surface area contributed by atoms with Crippen molar-refractivity contribution in [1.29, 1.82) is 0 Å². The molecular formula is C11H10N2O2. The van der Waals surface area contributed by atoms with Crippen LogP contribution in [0.15, 0.2) is 30.3 Å². The summed E-state index contributed by atoms with van der Waals surface area (Å²) in [5.74, 6) is 0. The van der Waals surface area contributed by atoms with Gasteiger partial charge in [0.15, 0.2) is 0 Å². The molecule has 4 heteroatoms. The lowest BCUT2D eigenvalue weighted by Crippen LogP contribution is -2.00. The molecule has 1 heterocycles. The summed E-state index contributed by atoms with van der Waals surface area (Å²) in [4.78, 5) is 14.2. The van der Waals surface area contributed by atoms with Gasteiger partial charge in [-0.05, 0) is 25.1 Å². The minimum atomic E-state index is -0.373. The summed E-state index contributed by atoms with van der Waals surface area (Å²) >= 11 is 0. The smallest absolute Gasteiger partial charge is 0.245 e. The number of hydrogen-bond donors (Lipinski definition) is 0. The molecule has 0 bridgehead atoms. The number of hydrogen-bond acceptors (Lipinski definition) is 3. The molecule has 0 spiro atoms. The molecule has 15 heavy (non-hydrogen) atoms. The van der Waals surface area contributed by atoms with Gasteiger partial charge in [0.05, 0.1) is 5.52 Å². The first-order valence-electron chi connectivity index (χ1n) is 4.63. The van der Waals surface area contributed by atoms with E-state index in [2.05, 4.69) is 4.98 Å². The molecule has 0 saturated carbocycles. The van der Waals surface area contributed by atoms with Crippen molar-refractivity contribution in [2.24, 2.45) is 0 Å². The van der Waals surface area contributed by atoms with E-state index in [1.54, 1.807) is 6.07 Å². The summed E-state index contributed by atoms with van der Waals surface area (Å²) in [5, 5.41) is 11.3. The van der Waals surface area contributed by atoms with Crippen LogP contribution in [0, 0.1) is 17.0 Å². The van der Waals surface area contributed by atoms with Gasteiger partial charge in [0, 0.05) is 10.3 Å². The zero-order chi connectivity index (χ0) is 10.8. The van der Waals surface area contributed by atoms with Gasteiger partial charge in [0.2, 0.25) is 6.54 Å². The van der Waals surface area contributed by atoms with Gasteiger partial charge in [-0.15, -0.1) is 0 Å². The van der Waals surface area contributed by atoms with E-state index in [1.165, 1.54) is 0 Å². The predicted molar refractivity (Wildman–Crippen MR) is 57.2 cm³/mol. The van der Waals surface area contributed by atoms with E-state index in [0.29, 0.717) is 5.69 Å². The van der Waals surface area contributed by atoms with Crippen molar-refractivity contribution in [3.63, 3.8) is 0 Å². The number of nitro groups is 1. The first kappa shape index (κ1) is 9.58. The Bertz CT molecular complexity index is 523. The van der Waals surface area contributed by atoms with E-state index in [0.717, 1.165) is 16.5 Å². The monoisotopic (exact) mass is 202 g/mol. The Morgan fingerprint density at radius 2 is 2.13 bits per heavy atom. The molecule has 1 aromatic heterocycles. The molecule has 0 aliphatic rings. The van der Waals surface area contributed by atoms with Crippen LogP contribution in [-0.4, -0.2) is 9.91 Å². The van der Waals surface area contributed by atoms with Gasteiger partial charge < -0.3 is 0 Å². The van der Waals surface area contributed by atoms with Crippen LogP contribution in [0.3, 0.4) is 0 Å². The van der Waals surface area contributed by atoms with Crippen LogP contribution in [-0.2, 0) is 6.54 Å². The third kappa shape index (κ3) is 2.10. The van der Waals surface area contributed by atoms with Crippen molar-refractivity contribution < 1.29 is 4.92 Å². The fraction of sp³-hybridized carbons (Fsp3) is 0.182. The van der Waals surface area contributed by atoms with Crippen LogP contribution in [0.5, 0.6) is 0 Å². The first-order valence-corrected chi connectivity index (χ1v) is 4.63. The molecule has 2 aromatic rings. The number of aromatic nitrogens is 1. The summed E-state index contributed by atoms with van der Waals surface area (Å²) in [5.41, 5.74) is 2.46. The lowest BCUT2D eigenvalue weighted by Gasteiger charge is -2.00. The van der Waals surface area contributed by atoms with Crippen LogP contribution in [0.25, 0.3) is 10.9 Å². The minimum Gasteiger partial charge on any atom is -0.264 e. The van der Waals surface area contributed by atoms with Crippen molar-refractivity contribution in [2.75, 3.05) is 0 Å². The second-order valence-electron chi connectivity index (χ2n) is 3.49. The third-order valence-electron chi connectivity index (χ3n) is 2.19. The standard InChI is InChI=1S/C11H10N2O2/c1-8-2-5-11-9(6-8)3-4-10(12-11)7-13(14)15/h2-6H,7H2,1H3. The Labute approximate surface area is 86.7 Å². The van der Waals surface area contributed by atoms with Gasteiger partial charge >= 0.3 is 0 Å². The highest BCUT2D eigenvalue weighted by atomic mass is 16.6. The lowest BCUT2D eigenvalue weighted by molar-refractivity contribution is -0.497. The number of pyridine rings is 1. The van der Waals surface area contributed by atoms with Gasteiger partial charge in [-0.1, -0.05) is 17.7 Å². The van der Waals surface area contributed by atoms with Crippen LogP contribution in [0.4, 0.5) is 0 Å². The highest BCUT2D eigenvalue weighted by Gasteiger charge is 2.04. The topological polar surface area (TPSA) is 56.0 Å². The maximum Gasteiger partial charge on any atom is 0.245 e. The molecule has 0 aliphatic carbocycles. The largest absolute Gasteiger partial charge is 0.264 e. The van der Waals surface area contributed by atoms with Gasteiger partial charge in [0.25, 0.3) is 0 Å². The van der Waals surface area contributed by atoms with Gasteiger partial charge in [-0.2, -0.15) is 0 Å². The highest BCUT2D eigenvalue weighted by Crippen LogP contribution is 2.14. The number of rotatable bonds is 2. The molecule has 76 valence electrons. The second kappa shape index (κ2) is 3.65. The summed E-state index contributed by atoms with van der Waals surface area (Å²) in [6.45, 7) is 1.79. The van der Waals surface area contributed by atoms with E-state index in [9.17, 15) is 10.1 Å². The Morgan fingerprint density at radius 3 is 2.87 bits per heavy atom. The van der Waals surface area contributed by atoms with E-state index in [1.807, 2.05) is 31.2 Å². The summed E-state index contributed by atoms with van der Waals surface area (Å²) in [7, 11) is 0. The fourth-order valence-electron chi connectivity index (χ4n) is 1.51. The van der Waals surface area contributed by atoms with Gasteiger partial charge in [-0.25, -0.2) is 4.98 Å². The molecule has 2 rings (SSSR count). The normalized spacial score (nSPS) is 10.5. The molecule has 0 unspecified atom stereocenters. The number of benzene rings is 1. The molecular weight excluding hydrogens is 192 g/mol. The van der Waals surface area contributed by atoms with E-state index in [-0.39, 0.29) is 11.5 Å². The van der Waals surface area contributed by atoms with E-state index in [4.69, 9.17) is 0 Å². The van der Waals surface area contributed by atoms with Gasteiger partial charge in [-0.3, -0.25) is 10.1 Å². The zero-order valence-electron chi connectivity index (χ0n) is 8.30. The molecule has 0 radical (unpaired) electrons. The van der Waals surface area contributed by atoms with Crippen molar-refractivity contribution in [2.45, 2.75) is 13.5 Å².